The van der Waals surface area contributed by atoms with Gasteiger partial charge in [0.1, 0.15) is 5.69 Å². The van der Waals surface area contributed by atoms with Gasteiger partial charge in [-0.2, -0.15) is 5.26 Å². The van der Waals surface area contributed by atoms with Crippen molar-refractivity contribution < 1.29 is 4.79 Å². The Kier molecular flexibility index (Phi) is 6.05. The maximum atomic E-state index is 12.6. The molecule has 0 saturated carbocycles. The van der Waals surface area contributed by atoms with Gasteiger partial charge in [-0.25, -0.2) is 0 Å². The Morgan fingerprint density at radius 2 is 2.00 bits per heavy atom. The molecule has 0 spiro atoms. The highest BCUT2D eigenvalue weighted by Gasteiger charge is 2.23. The second-order valence-corrected chi connectivity index (χ2v) is 8.69. The number of hydrogen-bond donors (Lipinski definition) is 2. The summed E-state index contributed by atoms with van der Waals surface area (Å²) in [5.74, 6) is 0.361. The number of H-pyrrole nitrogens is 1. The van der Waals surface area contributed by atoms with Gasteiger partial charge < -0.3 is 15.2 Å². The van der Waals surface area contributed by atoms with Crippen LogP contribution in [-0.2, 0) is 0 Å². The van der Waals surface area contributed by atoms with Crippen LogP contribution in [0.4, 0.5) is 0 Å². The number of nitrogens with one attached hydrogen (secondary N) is 2. The van der Waals surface area contributed by atoms with Crippen molar-refractivity contribution in [1.29, 1.82) is 5.26 Å². The molecule has 2 aromatic carbocycles. The standard InChI is InChI=1S/C27H27N5O/c28-17-21-6-3-8-24-25(21)23(18-31-24)20-10-15-32(16-11-20)14-4-12-30-27(33)26-22-7-2-1-5-19(22)9-13-29-26/h1-3,5-9,13,18,20,31H,4,10-12,14-16H2,(H,30,33). The van der Waals surface area contributed by atoms with Crippen LogP contribution in [0, 0.1) is 11.3 Å². The number of benzene rings is 2. The molecule has 1 fully saturated rings. The van der Waals surface area contributed by atoms with Crippen molar-refractivity contribution in [2.24, 2.45) is 0 Å². The van der Waals surface area contributed by atoms with E-state index in [4.69, 9.17) is 0 Å². The molecule has 0 bridgehead atoms. The molecule has 2 N–H and O–H groups in total. The molecule has 0 radical (unpaired) electrons. The van der Waals surface area contributed by atoms with E-state index < -0.39 is 0 Å². The van der Waals surface area contributed by atoms with E-state index in [-0.39, 0.29) is 5.91 Å². The third kappa shape index (κ3) is 4.33. The van der Waals surface area contributed by atoms with Crippen molar-refractivity contribution in [3.05, 3.63) is 77.7 Å². The van der Waals surface area contributed by atoms with E-state index in [9.17, 15) is 10.1 Å². The molecule has 0 unspecified atom stereocenters. The minimum atomic E-state index is -0.113. The molecule has 3 heterocycles. The van der Waals surface area contributed by atoms with E-state index in [1.165, 1.54) is 5.56 Å². The SMILES string of the molecule is N#Cc1cccc2[nH]cc(C3CCN(CCCNC(=O)c4nccc5ccccc45)CC3)c12. The van der Waals surface area contributed by atoms with E-state index in [1.54, 1.807) is 6.20 Å². The molecule has 1 aliphatic rings. The number of pyridine rings is 1. The molecule has 1 aliphatic heterocycles. The van der Waals surface area contributed by atoms with Crippen LogP contribution in [0.2, 0.25) is 0 Å². The van der Waals surface area contributed by atoms with Crippen molar-refractivity contribution in [1.82, 2.24) is 20.2 Å². The van der Waals surface area contributed by atoms with Gasteiger partial charge >= 0.3 is 0 Å². The first kappa shape index (κ1) is 21.2. The molecule has 4 aromatic rings. The van der Waals surface area contributed by atoms with Crippen LogP contribution in [-0.4, -0.2) is 47.0 Å². The van der Waals surface area contributed by atoms with Gasteiger partial charge in [-0.05, 0) is 74.0 Å². The number of rotatable bonds is 6. The number of fused-ring (bicyclic) bond motifs is 2. The molecule has 166 valence electrons. The predicted octanol–water partition coefficient (Wildman–Crippen LogP) is 4.59. The largest absolute Gasteiger partial charge is 0.361 e. The van der Waals surface area contributed by atoms with Gasteiger partial charge in [-0.15, -0.1) is 0 Å². The number of likely N-dealkylation sites (tertiary alicyclic amines) is 1. The lowest BCUT2D eigenvalue weighted by molar-refractivity contribution is 0.0948. The van der Waals surface area contributed by atoms with Gasteiger partial charge in [-0.3, -0.25) is 9.78 Å². The molecule has 6 nitrogen and oxygen atoms in total. The summed E-state index contributed by atoms with van der Waals surface area (Å²) in [6.45, 7) is 3.67. The number of aromatic nitrogens is 2. The number of hydrogen-bond acceptors (Lipinski definition) is 4. The fourth-order valence-corrected chi connectivity index (χ4v) is 4.98. The summed E-state index contributed by atoms with van der Waals surface area (Å²) in [5.41, 5.74) is 3.56. The molecule has 33 heavy (non-hydrogen) atoms. The molecule has 0 aliphatic carbocycles. The molecule has 5 rings (SSSR count). The zero-order valence-corrected chi connectivity index (χ0v) is 18.6. The van der Waals surface area contributed by atoms with Crippen molar-refractivity contribution in [2.45, 2.75) is 25.2 Å². The van der Waals surface area contributed by atoms with E-state index in [1.807, 2.05) is 48.5 Å². The number of piperidine rings is 1. The highest BCUT2D eigenvalue weighted by Crippen LogP contribution is 2.34. The van der Waals surface area contributed by atoms with Gasteiger partial charge in [0, 0.05) is 35.2 Å². The van der Waals surface area contributed by atoms with E-state index in [2.05, 4.69) is 32.5 Å². The Morgan fingerprint density at radius 3 is 2.85 bits per heavy atom. The zero-order valence-electron chi connectivity index (χ0n) is 18.6. The molecule has 1 saturated heterocycles. The molecule has 1 amide bonds. The highest BCUT2D eigenvalue weighted by atomic mass is 16.1. The normalized spacial score (nSPS) is 15.0. The highest BCUT2D eigenvalue weighted by molar-refractivity contribution is 6.05. The van der Waals surface area contributed by atoms with E-state index in [0.29, 0.717) is 18.2 Å². The van der Waals surface area contributed by atoms with Gasteiger partial charge in [0.25, 0.3) is 5.91 Å². The summed E-state index contributed by atoms with van der Waals surface area (Å²) < 4.78 is 0. The maximum absolute atomic E-state index is 12.6. The van der Waals surface area contributed by atoms with Crippen molar-refractivity contribution >= 4 is 27.6 Å². The topological polar surface area (TPSA) is 84.8 Å². The molecule has 0 atom stereocenters. The monoisotopic (exact) mass is 437 g/mol. The van der Waals surface area contributed by atoms with Crippen LogP contribution in [0.15, 0.2) is 60.9 Å². The lowest BCUT2D eigenvalue weighted by atomic mass is 9.88. The summed E-state index contributed by atoms with van der Waals surface area (Å²) in [7, 11) is 0. The Labute approximate surface area is 193 Å². The summed E-state index contributed by atoms with van der Waals surface area (Å²) in [4.78, 5) is 22.7. The number of carbonyl (C=O) groups excluding carboxylic acids is 1. The predicted molar refractivity (Wildman–Crippen MR) is 130 cm³/mol. The van der Waals surface area contributed by atoms with Crippen LogP contribution in [0.1, 0.15) is 46.8 Å². The third-order valence-corrected chi connectivity index (χ3v) is 6.71. The van der Waals surface area contributed by atoms with Gasteiger partial charge in [0.15, 0.2) is 0 Å². The van der Waals surface area contributed by atoms with E-state index >= 15 is 0 Å². The zero-order chi connectivity index (χ0) is 22.6. The average Bonchev–Trinajstić information content (AvgIpc) is 3.31. The lowest BCUT2D eigenvalue weighted by Gasteiger charge is -2.32. The minimum absolute atomic E-state index is 0.113. The van der Waals surface area contributed by atoms with E-state index in [0.717, 1.165) is 66.1 Å². The fourth-order valence-electron chi connectivity index (χ4n) is 4.98. The van der Waals surface area contributed by atoms with Crippen LogP contribution >= 0.6 is 0 Å². The third-order valence-electron chi connectivity index (χ3n) is 6.71. The van der Waals surface area contributed by atoms with Crippen LogP contribution < -0.4 is 5.32 Å². The second kappa shape index (κ2) is 9.43. The average molecular weight is 438 g/mol. The summed E-state index contributed by atoms with van der Waals surface area (Å²) in [5, 5.41) is 15.5. The Balaban J connectivity index is 1.12. The van der Waals surface area contributed by atoms with Crippen molar-refractivity contribution in [3.8, 4) is 6.07 Å². The van der Waals surface area contributed by atoms with Gasteiger partial charge in [0.05, 0.1) is 11.6 Å². The molecular formula is C27H27N5O. The second-order valence-electron chi connectivity index (χ2n) is 8.69. The fraction of sp³-hybridized carbons (Fsp3) is 0.296. The van der Waals surface area contributed by atoms with Gasteiger partial charge in [0.2, 0.25) is 0 Å². The number of aromatic amines is 1. The Bertz CT molecular complexity index is 1320. The summed E-state index contributed by atoms with van der Waals surface area (Å²) >= 11 is 0. The minimum Gasteiger partial charge on any atom is -0.361 e. The van der Waals surface area contributed by atoms with Crippen LogP contribution in [0.25, 0.3) is 21.7 Å². The smallest absolute Gasteiger partial charge is 0.270 e. The summed E-state index contributed by atoms with van der Waals surface area (Å²) in [6.07, 6.45) is 6.85. The first-order chi connectivity index (χ1) is 16.2. The quantitative estimate of drug-likeness (QED) is 0.432. The number of nitrogens with zero attached hydrogens (tertiary/aromatic N) is 3. The molecule has 6 heteroatoms. The van der Waals surface area contributed by atoms with Crippen LogP contribution in [0.3, 0.4) is 0 Å². The van der Waals surface area contributed by atoms with Crippen molar-refractivity contribution in [3.63, 3.8) is 0 Å². The number of nitriles is 1. The summed E-state index contributed by atoms with van der Waals surface area (Å²) in [6, 6.07) is 18.0. The number of amides is 1. The maximum Gasteiger partial charge on any atom is 0.270 e. The van der Waals surface area contributed by atoms with Crippen LogP contribution in [0.5, 0.6) is 0 Å². The lowest BCUT2D eigenvalue weighted by Crippen LogP contribution is -2.35. The van der Waals surface area contributed by atoms with Crippen molar-refractivity contribution in [2.75, 3.05) is 26.2 Å². The first-order valence-electron chi connectivity index (χ1n) is 11.6. The number of carbonyl (C=O) groups is 1. The van der Waals surface area contributed by atoms with Gasteiger partial charge in [-0.1, -0.05) is 30.3 Å². The first-order valence-corrected chi connectivity index (χ1v) is 11.6. The Morgan fingerprint density at radius 1 is 1.15 bits per heavy atom. The Hall–Kier alpha value is -3.69. The molecule has 2 aromatic heterocycles. The molecular weight excluding hydrogens is 410 g/mol.